The molecule has 4 nitrogen and oxygen atoms in total. The zero-order valence-corrected chi connectivity index (χ0v) is 25.4. The molecule has 1 unspecified atom stereocenters. The first kappa shape index (κ1) is 36.6. The molecule has 0 saturated carbocycles. The Balaban J connectivity index is 0. The van der Waals surface area contributed by atoms with Gasteiger partial charge in [0.05, 0.1) is 0 Å². The van der Waals surface area contributed by atoms with Crippen LogP contribution in [-0.4, -0.2) is 24.0 Å². The molecule has 5 heteroatoms. The highest BCUT2D eigenvalue weighted by Gasteiger charge is 2.05. The molecule has 0 aliphatic carbocycles. The molecule has 0 fully saturated rings. The van der Waals surface area contributed by atoms with Gasteiger partial charge in [-0.15, -0.1) is 0 Å². The number of ketones is 1. The first-order valence-electron chi connectivity index (χ1n) is 13.1. The van der Waals surface area contributed by atoms with Crippen molar-refractivity contribution < 1.29 is 9.59 Å². The summed E-state index contributed by atoms with van der Waals surface area (Å²) in [4.78, 5) is 29.6. The van der Waals surface area contributed by atoms with Crippen LogP contribution in [0.2, 0.25) is 5.02 Å². The second kappa shape index (κ2) is 22.6. The molecule has 0 aromatic heterocycles. The number of nitrogens with zero attached hydrogens (tertiary/aromatic N) is 2. The fourth-order valence-electron chi connectivity index (χ4n) is 3.05. The number of allylic oxidation sites excluding steroid dienone is 4. The van der Waals surface area contributed by atoms with Crippen LogP contribution >= 0.6 is 11.6 Å². The van der Waals surface area contributed by atoms with Crippen LogP contribution in [0.5, 0.6) is 0 Å². The summed E-state index contributed by atoms with van der Waals surface area (Å²) in [5, 5.41) is 0.856. The third-order valence-electron chi connectivity index (χ3n) is 5.53. The van der Waals surface area contributed by atoms with E-state index in [0.29, 0.717) is 5.57 Å². The molecule has 0 radical (unpaired) electrons. The smallest absolute Gasteiger partial charge is 0.157 e. The lowest BCUT2D eigenvalue weighted by Gasteiger charge is -2.08. The second-order valence-electron chi connectivity index (χ2n) is 9.39. The molecule has 0 saturated heterocycles. The van der Waals surface area contributed by atoms with E-state index in [4.69, 9.17) is 11.6 Å². The van der Waals surface area contributed by atoms with E-state index in [0.717, 1.165) is 66.8 Å². The average Bonchev–Trinajstić information content (AvgIpc) is 2.83. The third kappa shape index (κ3) is 21.2. The Hall–Kier alpha value is -2.59. The normalized spacial score (nSPS) is 12.1. The van der Waals surface area contributed by atoms with E-state index in [1.54, 1.807) is 19.3 Å². The van der Waals surface area contributed by atoms with Crippen LogP contribution in [0.15, 0.2) is 63.9 Å². The third-order valence-corrected chi connectivity index (χ3v) is 5.94. The van der Waals surface area contributed by atoms with Crippen molar-refractivity contribution in [2.24, 2.45) is 15.9 Å². The van der Waals surface area contributed by atoms with Crippen molar-refractivity contribution in [2.45, 2.75) is 101 Å². The standard InChI is InChI=1S/C16H27NO.C8H9Cl.C8H13NO/c1-5-9-16(13-18)11-8-7-10-14(3)12-15(4)17-6-2;1-6-4-3-5-8(9)7(6)2;1-6(2)9-5-7(3)8(4)10/h6,12-13,16H,3,5,7-11H2,1-2,4H3;3-5H,1-2H3;5H,1-4H3/b15-12-,17-6?;;7-5+. The molecule has 0 spiro atoms. The summed E-state index contributed by atoms with van der Waals surface area (Å²) in [5.41, 5.74) is 6.21. The second-order valence-corrected chi connectivity index (χ2v) is 9.80. The fourth-order valence-corrected chi connectivity index (χ4v) is 3.27. The van der Waals surface area contributed by atoms with E-state index in [1.807, 2.05) is 52.8 Å². The van der Waals surface area contributed by atoms with Gasteiger partial charge >= 0.3 is 0 Å². The molecule has 0 amide bonds. The number of aliphatic imine (C=N–C) groups is 2. The number of hydrogen-bond acceptors (Lipinski definition) is 4. The number of Topliss-reactive ketones (excluding diaryl/α,β-unsaturated/α-hetero) is 1. The van der Waals surface area contributed by atoms with Gasteiger partial charge in [-0.05, 0) is 104 Å². The summed E-state index contributed by atoms with van der Waals surface area (Å²) in [7, 11) is 0. The number of aryl methyl sites for hydroxylation is 1. The van der Waals surface area contributed by atoms with Gasteiger partial charge < -0.3 is 4.79 Å². The largest absolute Gasteiger partial charge is 0.303 e. The van der Waals surface area contributed by atoms with Gasteiger partial charge in [-0.3, -0.25) is 14.8 Å². The molecule has 0 aliphatic rings. The van der Waals surface area contributed by atoms with Crippen molar-refractivity contribution in [3.63, 3.8) is 0 Å². The highest BCUT2D eigenvalue weighted by molar-refractivity contribution is 6.31. The molecule has 1 aromatic carbocycles. The van der Waals surface area contributed by atoms with Crippen LogP contribution in [0.25, 0.3) is 0 Å². The molecular weight excluding hydrogens is 480 g/mol. The van der Waals surface area contributed by atoms with Crippen LogP contribution in [0.3, 0.4) is 0 Å². The van der Waals surface area contributed by atoms with E-state index in [2.05, 4.69) is 36.5 Å². The number of aldehydes is 1. The monoisotopic (exact) mass is 528 g/mol. The van der Waals surface area contributed by atoms with Crippen LogP contribution in [0.4, 0.5) is 0 Å². The lowest BCUT2D eigenvalue weighted by molar-refractivity contribution is -0.113. The van der Waals surface area contributed by atoms with Gasteiger partial charge in [0.15, 0.2) is 5.78 Å². The summed E-state index contributed by atoms with van der Waals surface area (Å²) in [5.74, 6) is 0.329. The molecule has 0 bridgehead atoms. The Morgan fingerprint density at radius 1 is 1.08 bits per heavy atom. The van der Waals surface area contributed by atoms with E-state index < -0.39 is 0 Å². The summed E-state index contributed by atoms with van der Waals surface area (Å²) < 4.78 is 0. The number of halogens is 1. The van der Waals surface area contributed by atoms with E-state index in [-0.39, 0.29) is 11.7 Å². The number of benzene rings is 1. The van der Waals surface area contributed by atoms with Gasteiger partial charge in [0.2, 0.25) is 0 Å². The Morgan fingerprint density at radius 2 is 1.73 bits per heavy atom. The van der Waals surface area contributed by atoms with Crippen LogP contribution in [0.1, 0.15) is 98.1 Å². The highest BCUT2D eigenvalue weighted by Crippen LogP contribution is 2.17. The van der Waals surface area contributed by atoms with Crippen molar-refractivity contribution in [3.05, 3.63) is 70.0 Å². The van der Waals surface area contributed by atoms with Gasteiger partial charge in [-0.2, -0.15) is 0 Å². The first-order valence-corrected chi connectivity index (χ1v) is 13.5. The Morgan fingerprint density at radius 3 is 2.19 bits per heavy atom. The maximum Gasteiger partial charge on any atom is 0.157 e. The Bertz CT molecular complexity index is 931. The molecule has 37 heavy (non-hydrogen) atoms. The quantitative estimate of drug-likeness (QED) is 0.0890. The number of hydrogen-bond donors (Lipinski definition) is 0. The fraction of sp³-hybridized carbons (Fsp3) is 0.500. The average molecular weight is 529 g/mol. The van der Waals surface area contributed by atoms with Crippen LogP contribution < -0.4 is 0 Å². The summed E-state index contributed by atoms with van der Waals surface area (Å²) >= 11 is 5.81. The maximum atomic E-state index is 10.8. The first-order chi connectivity index (χ1) is 17.4. The Labute approximate surface area is 231 Å². The van der Waals surface area contributed by atoms with Crippen molar-refractivity contribution in [1.29, 1.82) is 0 Å². The lowest BCUT2D eigenvalue weighted by Crippen LogP contribution is -2.01. The lowest BCUT2D eigenvalue weighted by atomic mass is 9.97. The van der Waals surface area contributed by atoms with Gasteiger partial charge in [-0.25, -0.2) is 0 Å². The van der Waals surface area contributed by atoms with Gasteiger partial charge in [0, 0.05) is 40.3 Å². The number of rotatable bonds is 12. The predicted molar refractivity (Wildman–Crippen MR) is 164 cm³/mol. The van der Waals surface area contributed by atoms with E-state index in [1.165, 1.54) is 18.1 Å². The number of carbonyl (C=O) groups is 2. The molecule has 206 valence electrons. The summed E-state index contributed by atoms with van der Waals surface area (Å²) in [6.45, 7) is 21.2. The zero-order valence-electron chi connectivity index (χ0n) is 24.7. The number of carbonyl (C=O) groups excluding carboxylic acids is 2. The minimum Gasteiger partial charge on any atom is -0.303 e. The summed E-state index contributed by atoms with van der Waals surface area (Å²) in [6, 6.07) is 5.93. The molecule has 0 heterocycles. The predicted octanol–water partition coefficient (Wildman–Crippen LogP) is 9.63. The molecular formula is C32H49ClN2O2. The van der Waals surface area contributed by atoms with Crippen LogP contribution in [0, 0.1) is 19.8 Å². The van der Waals surface area contributed by atoms with Crippen molar-refractivity contribution in [3.8, 4) is 0 Å². The van der Waals surface area contributed by atoms with Gasteiger partial charge in [0.1, 0.15) is 6.29 Å². The van der Waals surface area contributed by atoms with Gasteiger partial charge in [0.25, 0.3) is 0 Å². The Kier molecular flexibility index (Phi) is 22.3. The molecule has 0 N–H and O–H groups in total. The van der Waals surface area contributed by atoms with Crippen molar-refractivity contribution in [2.75, 3.05) is 0 Å². The number of unbranched alkanes of at least 4 members (excludes halogenated alkanes) is 1. The van der Waals surface area contributed by atoms with E-state index in [9.17, 15) is 9.59 Å². The zero-order chi connectivity index (χ0) is 28.8. The maximum absolute atomic E-state index is 10.8. The molecule has 1 aromatic rings. The SMILES string of the molecule is C=C(/C=C(/C)N=CC)CCCCC(C=O)CCC.CC(=O)/C(C)=C/N=C(C)C.Cc1cccc(Cl)c1C. The highest BCUT2D eigenvalue weighted by atomic mass is 35.5. The topological polar surface area (TPSA) is 58.9 Å². The molecule has 0 aliphatic heterocycles. The minimum absolute atomic E-state index is 0.0741. The summed E-state index contributed by atoms with van der Waals surface area (Å²) in [6.07, 6.45) is 12.9. The van der Waals surface area contributed by atoms with E-state index >= 15 is 0 Å². The van der Waals surface area contributed by atoms with Gasteiger partial charge in [-0.1, -0.05) is 55.7 Å². The molecule has 1 atom stereocenters. The van der Waals surface area contributed by atoms with Crippen molar-refractivity contribution >= 4 is 35.6 Å². The minimum atomic E-state index is 0.0741. The van der Waals surface area contributed by atoms with Crippen LogP contribution in [-0.2, 0) is 9.59 Å². The van der Waals surface area contributed by atoms with Crippen molar-refractivity contribution in [1.82, 2.24) is 0 Å². The molecule has 1 rings (SSSR count).